The second kappa shape index (κ2) is 16.5. The molecule has 2 saturated heterocycles. The van der Waals surface area contributed by atoms with E-state index in [1.165, 1.54) is 44.4 Å². The highest BCUT2D eigenvalue weighted by Crippen LogP contribution is 2.18. The van der Waals surface area contributed by atoms with Crippen LogP contribution in [0.25, 0.3) is 11.3 Å². The molecule has 1 aromatic carbocycles. The van der Waals surface area contributed by atoms with Gasteiger partial charge in [0.1, 0.15) is 0 Å². The molecule has 168 valence electrons. The van der Waals surface area contributed by atoms with Crippen LogP contribution in [0.15, 0.2) is 41.3 Å². The van der Waals surface area contributed by atoms with Crippen LogP contribution < -0.4 is 16.0 Å². The van der Waals surface area contributed by atoms with Gasteiger partial charge < -0.3 is 30.6 Å². The van der Waals surface area contributed by atoms with Crippen molar-refractivity contribution in [2.75, 3.05) is 39.8 Å². The summed E-state index contributed by atoms with van der Waals surface area (Å²) in [5.74, 6) is 1.76. The van der Waals surface area contributed by atoms with Gasteiger partial charge in [0.2, 0.25) is 0 Å². The van der Waals surface area contributed by atoms with Crippen LogP contribution in [0.1, 0.15) is 24.8 Å². The smallest absolute Gasteiger partial charge is 0.290 e. The molecule has 2 aromatic rings. The zero-order chi connectivity index (χ0) is 22.0. The Labute approximate surface area is 179 Å². The van der Waals surface area contributed by atoms with Gasteiger partial charge in [-0.25, -0.2) is 4.98 Å². The number of aryl methyl sites for hydroxylation is 1. The monoisotopic (exact) mass is 420 g/mol. The third-order valence-corrected chi connectivity index (χ3v) is 4.77. The van der Waals surface area contributed by atoms with Crippen LogP contribution in [0.3, 0.4) is 0 Å². The molecule has 0 amide bonds. The number of oxazole rings is 1. The Hall–Kier alpha value is -2.26. The molecule has 2 aliphatic heterocycles. The molecule has 30 heavy (non-hydrogen) atoms. The number of aromatic nitrogens is 1. The summed E-state index contributed by atoms with van der Waals surface area (Å²) in [6.07, 6.45) is 6.73. The summed E-state index contributed by atoms with van der Waals surface area (Å²) in [5.41, 5.74) is 2.32. The lowest BCUT2D eigenvalue weighted by Crippen LogP contribution is -2.15. The van der Waals surface area contributed by atoms with E-state index in [1.807, 2.05) is 19.2 Å². The molecule has 1 aromatic heterocycles. The minimum absolute atomic E-state index is 0.0648. The van der Waals surface area contributed by atoms with Crippen molar-refractivity contribution < 1.29 is 19.4 Å². The van der Waals surface area contributed by atoms with E-state index in [4.69, 9.17) is 19.4 Å². The minimum Gasteiger partial charge on any atom is -0.483 e. The number of hydrogen-bond donors (Lipinski definition) is 5. The van der Waals surface area contributed by atoms with Gasteiger partial charge in [-0.2, -0.15) is 0 Å². The molecule has 2 fully saturated rings. The van der Waals surface area contributed by atoms with Gasteiger partial charge in [0.15, 0.2) is 12.2 Å². The van der Waals surface area contributed by atoms with Gasteiger partial charge in [0, 0.05) is 12.1 Å². The number of aliphatic hydroxyl groups is 1. The van der Waals surface area contributed by atoms with E-state index < -0.39 is 0 Å². The van der Waals surface area contributed by atoms with E-state index in [1.54, 1.807) is 6.20 Å². The molecule has 0 bridgehead atoms. The van der Waals surface area contributed by atoms with Crippen molar-refractivity contribution in [2.24, 2.45) is 5.92 Å². The third-order valence-electron chi connectivity index (χ3n) is 4.77. The molecule has 2 aliphatic rings. The summed E-state index contributed by atoms with van der Waals surface area (Å²) in [6.45, 7) is 7.23. The molecular formula is C22H36N4O4. The van der Waals surface area contributed by atoms with Gasteiger partial charge in [-0.05, 0) is 65.3 Å². The predicted molar refractivity (Wildman–Crippen MR) is 118 cm³/mol. The maximum atomic E-state index is 8.67. The quantitative estimate of drug-likeness (QED) is 0.476. The average molecular weight is 421 g/mol. The van der Waals surface area contributed by atoms with Gasteiger partial charge in [-0.3, -0.25) is 4.79 Å². The lowest BCUT2D eigenvalue weighted by atomic mass is 10.1. The molecular weight excluding hydrogens is 384 g/mol. The normalized spacial score (nSPS) is 19.4. The second-order valence-electron chi connectivity index (χ2n) is 7.23. The zero-order valence-electron chi connectivity index (χ0n) is 18.0. The molecule has 0 aliphatic carbocycles. The fourth-order valence-electron chi connectivity index (χ4n) is 3.02. The van der Waals surface area contributed by atoms with Gasteiger partial charge in [0.25, 0.3) is 6.47 Å². The van der Waals surface area contributed by atoms with Gasteiger partial charge >= 0.3 is 0 Å². The Morgan fingerprint density at radius 3 is 2.30 bits per heavy atom. The van der Waals surface area contributed by atoms with E-state index in [9.17, 15) is 0 Å². The highest BCUT2D eigenvalue weighted by molar-refractivity contribution is 5.56. The summed E-state index contributed by atoms with van der Waals surface area (Å²) >= 11 is 0. The summed E-state index contributed by atoms with van der Waals surface area (Å²) < 4.78 is 5.15. The number of β-amino-alcohol motifs (C(OH)–C–C–N with tert-alkyl or cyclic N) is 1. The van der Waals surface area contributed by atoms with Gasteiger partial charge in [0.05, 0.1) is 12.3 Å². The molecule has 0 saturated carbocycles. The Bertz CT molecular complexity index is 638. The highest BCUT2D eigenvalue weighted by Gasteiger charge is 2.12. The van der Waals surface area contributed by atoms with Crippen LogP contribution in [-0.2, 0) is 4.79 Å². The first kappa shape index (κ1) is 25.8. The SMILES string of the molecule is CNCCC1CCNC1.Cc1ccc(-c2cnco2)cc1.O=CO.OC1CCNC1. The zero-order valence-corrected chi connectivity index (χ0v) is 18.0. The van der Waals surface area contributed by atoms with Crippen LogP contribution in [0, 0.1) is 12.8 Å². The maximum Gasteiger partial charge on any atom is 0.290 e. The Kier molecular flexibility index (Phi) is 14.2. The average Bonchev–Trinajstić information content (AvgIpc) is 3.52. The van der Waals surface area contributed by atoms with Gasteiger partial charge in [-0.1, -0.05) is 29.8 Å². The summed E-state index contributed by atoms with van der Waals surface area (Å²) in [4.78, 5) is 12.2. The molecule has 0 spiro atoms. The van der Waals surface area contributed by atoms with Crippen molar-refractivity contribution in [1.29, 1.82) is 0 Å². The summed E-state index contributed by atoms with van der Waals surface area (Å²) in [5, 5.41) is 25.1. The van der Waals surface area contributed by atoms with E-state index in [-0.39, 0.29) is 12.6 Å². The second-order valence-corrected chi connectivity index (χ2v) is 7.23. The van der Waals surface area contributed by atoms with Crippen molar-refractivity contribution in [2.45, 2.75) is 32.3 Å². The first-order valence-corrected chi connectivity index (χ1v) is 10.4. The van der Waals surface area contributed by atoms with Crippen LogP contribution >= 0.6 is 0 Å². The molecule has 5 N–H and O–H groups in total. The van der Waals surface area contributed by atoms with Crippen LogP contribution in [0.2, 0.25) is 0 Å². The first-order chi connectivity index (χ1) is 14.6. The molecule has 0 radical (unpaired) electrons. The van der Waals surface area contributed by atoms with Gasteiger partial charge in [-0.15, -0.1) is 0 Å². The lowest BCUT2D eigenvalue weighted by molar-refractivity contribution is -0.122. The molecule has 3 heterocycles. The first-order valence-electron chi connectivity index (χ1n) is 10.4. The topological polar surface area (TPSA) is 120 Å². The summed E-state index contributed by atoms with van der Waals surface area (Å²) in [6, 6.07) is 8.15. The number of nitrogens with zero attached hydrogens (tertiary/aromatic N) is 1. The van der Waals surface area contributed by atoms with E-state index in [2.05, 4.69) is 40.0 Å². The number of hydrogen-bond acceptors (Lipinski definition) is 7. The Morgan fingerprint density at radius 1 is 1.20 bits per heavy atom. The number of benzene rings is 1. The van der Waals surface area contributed by atoms with Crippen molar-refractivity contribution >= 4 is 6.47 Å². The van der Waals surface area contributed by atoms with E-state index in [0.717, 1.165) is 36.8 Å². The maximum absolute atomic E-state index is 8.67. The van der Waals surface area contributed by atoms with Crippen molar-refractivity contribution in [1.82, 2.24) is 20.9 Å². The minimum atomic E-state index is -0.250. The molecule has 4 rings (SSSR count). The molecule has 8 heteroatoms. The highest BCUT2D eigenvalue weighted by atomic mass is 16.3. The molecule has 2 unspecified atom stereocenters. The molecule has 2 atom stereocenters. The number of rotatable bonds is 4. The summed E-state index contributed by atoms with van der Waals surface area (Å²) in [7, 11) is 2.02. The van der Waals surface area contributed by atoms with Crippen LogP contribution in [0.5, 0.6) is 0 Å². The van der Waals surface area contributed by atoms with E-state index in [0.29, 0.717) is 0 Å². The number of carboxylic acid groups (broad SMARTS) is 1. The third kappa shape index (κ3) is 11.7. The number of aliphatic hydroxyl groups excluding tert-OH is 1. The van der Waals surface area contributed by atoms with Crippen molar-refractivity contribution in [3.63, 3.8) is 0 Å². The largest absolute Gasteiger partial charge is 0.483 e. The lowest BCUT2D eigenvalue weighted by Gasteiger charge is -2.05. The standard InChI is InChI=1S/C10H9NO.C7H16N2.C4H9NO.CH2O2/c1-8-2-4-9(5-3-8)10-6-11-7-12-10;1-8-4-2-7-3-5-9-6-7;6-4-1-2-5-3-4;2-1-3/h2-7H,1H3;7-9H,2-6H2,1H3;4-6H,1-3H2;1H,(H,2,3). The molecule has 8 nitrogen and oxygen atoms in total. The van der Waals surface area contributed by atoms with E-state index >= 15 is 0 Å². The van der Waals surface area contributed by atoms with Crippen LogP contribution in [0.4, 0.5) is 0 Å². The fourth-order valence-corrected chi connectivity index (χ4v) is 3.02. The number of carbonyl (C=O) groups is 1. The predicted octanol–water partition coefficient (Wildman–Crippen LogP) is 1.90. The number of nitrogens with one attached hydrogen (secondary N) is 3. The van der Waals surface area contributed by atoms with Crippen molar-refractivity contribution in [3.05, 3.63) is 42.4 Å². The van der Waals surface area contributed by atoms with Crippen LogP contribution in [-0.4, -0.2) is 67.5 Å². The van der Waals surface area contributed by atoms with Crippen molar-refractivity contribution in [3.8, 4) is 11.3 Å². The Morgan fingerprint density at radius 2 is 1.87 bits per heavy atom. The Balaban J connectivity index is 0.000000221. The fraction of sp³-hybridized carbons (Fsp3) is 0.545.